The van der Waals surface area contributed by atoms with E-state index >= 15 is 0 Å². The van der Waals surface area contributed by atoms with Crippen LogP contribution in [0.5, 0.6) is 17.2 Å². The van der Waals surface area contributed by atoms with Crippen LogP contribution in [0.3, 0.4) is 0 Å². The van der Waals surface area contributed by atoms with Crippen LogP contribution in [-0.4, -0.2) is 35.4 Å². The maximum Gasteiger partial charge on any atom is 0.315 e. The number of nitro groups is 1. The molecular weight excluding hydrogens is 378 g/mol. The summed E-state index contributed by atoms with van der Waals surface area (Å²) in [4.78, 5) is 22.2. The number of ether oxygens (including phenoxy) is 2. The van der Waals surface area contributed by atoms with Crippen LogP contribution >= 0.6 is 11.6 Å². The summed E-state index contributed by atoms with van der Waals surface area (Å²) in [5.74, 6) is -0.739. The van der Waals surface area contributed by atoms with Gasteiger partial charge in [-0.3, -0.25) is 14.9 Å². The molecule has 2 N–H and O–H groups in total. The highest BCUT2D eigenvalue weighted by atomic mass is 35.5. The molecule has 0 heterocycles. The molecule has 0 aliphatic carbocycles. The van der Waals surface area contributed by atoms with Crippen molar-refractivity contribution in [3.05, 3.63) is 57.1 Å². The number of halogens is 1. The highest BCUT2D eigenvalue weighted by Gasteiger charge is 2.19. The first-order valence-corrected chi connectivity index (χ1v) is 8.00. The smallest absolute Gasteiger partial charge is 0.315 e. The van der Waals surface area contributed by atoms with Crippen LogP contribution in [0, 0.1) is 10.1 Å². The number of phenolic OH excluding ortho intramolecular Hbond substituents is 1. The van der Waals surface area contributed by atoms with Gasteiger partial charge in [0, 0.05) is 16.7 Å². The Morgan fingerprint density at radius 1 is 1.37 bits per heavy atom. The summed E-state index contributed by atoms with van der Waals surface area (Å²) >= 11 is 5.78. The number of hydrazone groups is 1. The molecule has 9 nitrogen and oxygen atoms in total. The standard InChI is InChI=1S/C17H16ClN3O6/c1-10(27-13-5-3-12(18)4-6-13)17(23)20-19-9-11-7-14(21(24)25)16(22)15(8-11)26-2/h3-10,22H,1-2H3,(H,20,23)/b19-9+. The Balaban J connectivity index is 2.03. The van der Waals surface area contributed by atoms with Gasteiger partial charge in [-0.25, -0.2) is 5.43 Å². The maximum absolute atomic E-state index is 12.0. The minimum atomic E-state index is -0.841. The number of hydrogen-bond acceptors (Lipinski definition) is 7. The molecule has 1 unspecified atom stereocenters. The lowest BCUT2D eigenvalue weighted by atomic mass is 10.2. The van der Waals surface area contributed by atoms with E-state index in [1.807, 2.05) is 0 Å². The van der Waals surface area contributed by atoms with Crippen molar-refractivity contribution >= 4 is 29.4 Å². The first kappa shape index (κ1) is 20.0. The van der Waals surface area contributed by atoms with E-state index in [1.54, 1.807) is 24.3 Å². The zero-order valence-electron chi connectivity index (χ0n) is 14.4. The molecule has 10 heteroatoms. The fraction of sp³-hybridized carbons (Fsp3) is 0.176. The second-order valence-corrected chi connectivity index (χ2v) is 5.73. The molecule has 1 amide bonds. The molecule has 0 fully saturated rings. The Labute approximate surface area is 159 Å². The van der Waals surface area contributed by atoms with E-state index in [2.05, 4.69) is 10.5 Å². The van der Waals surface area contributed by atoms with Crippen molar-refractivity contribution in [1.29, 1.82) is 0 Å². The highest BCUT2D eigenvalue weighted by molar-refractivity contribution is 6.30. The molecule has 0 aromatic heterocycles. The molecule has 27 heavy (non-hydrogen) atoms. The number of benzene rings is 2. The number of hydrogen-bond donors (Lipinski definition) is 2. The van der Waals surface area contributed by atoms with Crippen LogP contribution in [-0.2, 0) is 4.79 Å². The molecule has 0 saturated carbocycles. The minimum Gasteiger partial charge on any atom is -0.500 e. The Kier molecular flexibility index (Phi) is 6.56. The maximum atomic E-state index is 12.0. The third-order valence-electron chi connectivity index (χ3n) is 3.38. The van der Waals surface area contributed by atoms with Crippen LogP contribution in [0.15, 0.2) is 41.5 Å². The monoisotopic (exact) mass is 393 g/mol. The molecule has 0 saturated heterocycles. The second-order valence-electron chi connectivity index (χ2n) is 5.30. The largest absolute Gasteiger partial charge is 0.500 e. The van der Waals surface area contributed by atoms with Gasteiger partial charge in [0.1, 0.15) is 5.75 Å². The number of nitrogens with one attached hydrogen (secondary N) is 1. The van der Waals surface area contributed by atoms with E-state index in [4.69, 9.17) is 21.1 Å². The van der Waals surface area contributed by atoms with Crippen LogP contribution < -0.4 is 14.9 Å². The summed E-state index contributed by atoms with van der Waals surface area (Å²) in [5, 5.41) is 25.0. The molecule has 1 atom stereocenters. The third kappa shape index (κ3) is 5.32. The quantitative estimate of drug-likeness (QED) is 0.423. The Morgan fingerprint density at radius 3 is 2.63 bits per heavy atom. The number of nitrogens with zero attached hydrogens (tertiary/aromatic N) is 2. The molecular formula is C17H16ClN3O6. The van der Waals surface area contributed by atoms with E-state index in [1.165, 1.54) is 26.3 Å². The van der Waals surface area contributed by atoms with Gasteiger partial charge in [0.2, 0.25) is 5.75 Å². The van der Waals surface area contributed by atoms with Crippen molar-refractivity contribution in [1.82, 2.24) is 5.43 Å². The van der Waals surface area contributed by atoms with Crippen molar-refractivity contribution in [2.45, 2.75) is 13.0 Å². The van der Waals surface area contributed by atoms with Gasteiger partial charge in [-0.1, -0.05) is 11.6 Å². The minimum absolute atomic E-state index is 0.0867. The Bertz CT molecular complexity index is 870. The molecule has 0 radical (unpaired) electrons. The molecule has 0 aliphatic rings. The lowest BCUT2D eigenvalue weighted by molar-refractivity contribution is -0.386. The lowest BCUT2D eigenvalue weighted by Gasteiger charge is -2.12. The number of carbonyl (C=O) groups is 1. The molecule has 2 aromatic carbocycles. The summed E-state index contributed by atoms with van der Waals surface area (Å²) in [6.45, 7) is 1.54. The van der Waals surface area contributed by atoms with Gasteiger partial charge in [0.25, 0.3) is 5.91 Å². The number of phenols is 1. The number of carbonyl (C=O) groups excluding carboxylic acids is 1. The fourth-order valence-corrected chi connectivity index (χ4v) is 2.14. The van der Waals surface area contributed by atoms with E-state index in [0.717, 1.165) is 6.07 Å². The van der Waals surface area contributed by atoms with E-state index in [0.29, 0.717) is 10.8 Å². The Hall–Kier alpha value is -3.33. The van der Waals surface area contributed by atoms with Crippen molar-refractivity contribution in [3.63, 3.8) is 0 Å². The molecule has 2 rings (SSSR count). The van der Waals surface area contributed by atoms with Crippen LogP contribution in [0.1, 0.15) is 12.5 Å². The number of aromatic hydroxyl groups is 1. The van der Waals surface area contributed by atoms with Gasteiger partial charge in [0.05, 0.1) is 18.2 Å². The van der Waals surface area contributed by atoms with E-state index in [-0.39, 0.29) is 11.3 Å². The summed E-state index contributed by atoms with van der Waals surface area (Å²) in [6.07, 6.45) is 0.342. The average molecular weight is 394 g/mol. The summed E-state index contributed by atoms with van der Waals surface area (Å²) in [6, 6.07) is 8.94. The number of nitro benzene ring substituents is 1. The van der Waals surface area contributed by atoms with Crippen molar-refractivity contribution < 1.29 is 24.3 Å². The van der Waals surface area contributed by atoms with Gasteiger partial charge in [-0.15, -0.1) is 0 Å². The number of methoxy groups -OCH3 is 1. The highest BCUT2D eigenvalue weighted by Crippen LogP contribution is 2.36. The molecule has 2 aromatic rings. The predicted molar refractivity (Wildman–Crippen MR) is 98.6 cm³/mol. The van der Waals surface area contributed by atoms with Crippen molar-refractivity contribution in [2.24, 2.45) is 5.10 Å². The summed E-state index contributed by atoms with van der Waals surface area (Å²) < 4.78 is 10.3. The van der Waals surface area contributed by atoms with Gasteiger partial charge in [-0.05, 0) is 37.3 Å². The zero-order valence-corrected chi connectivity index (χ0v) is 15.1. The number of amides is 1. The third-order valence-corrected chi connectivity index (χ3v) is 3.63. The molecule has 0 spiro atoms. The van der Waals surface area contributed by atoms with Gasteiger partial charge < -0.3 is 14.6 Å². The van der Waals surface area contributed by atoms with E-state index < -0.39 is 28.4 Å². The molecule has 0 bridgehead atoms. The van der Waals surface area contributed by atoms with Gasteiger partial charge >= 0.3 is 5.69 Å². The van der Waals surface area contributed by atoms with E-state index in [9.17, 15) is 20.0 Å². The van der Waals surface area contributed by atoms with Crippen LogP contribution in [0.25, 0.3) is 0 Å². The SMILES string of the molecule is COc1cc(/C=N/NC(=O)C(C)Oc2ccc(Cl)cc2)cc([N+](=O)[O-])c1O. The zero-order chi connectivity index (χ0) is 20.0. The van der Waals surface area contributed by atoms with Gasteiger partial charge in [-0.2, -0.15) is 5.10 Å². The summed E-state index contributed by atoms with van der Waals surface area (Å²) in [5.41, 5.74) is 1.98. The topological polar surface area (TPSA) is 123 Å². The predicted octanol–water partition coefficient (Wildman–Crippen LogP) is 2.88. The average Bonchev–Trinajstić information content (AvgIpc) is 2.64. The van der Waals surface area contributed by atoms with Crippen LogP contribution in [0.4, 0.5) is 5.69 Å². The fourth-order valence-electron chi connectivity index (χ4n) is 2.02. The Morgan fingerprint density at radius 2 is 2.04 bits per heavy atom. The molecule has 142 valence electrons. The van der Waals surface area contributed by atoms with Gasteiger partial charge in [0.15, 0.2) is 11.9 Å². The van der Waals surface area contributed by atoms with Crippen molar-refractivity contribution in [3.8, 4) is 17.2 Å². The summed E-state index contributed by atoms with van der Waals surface area (Å²) in [7, 11) is 1.26. The molecule has 0 aliphatic heterocycles. The van der Waals surface area contributed by atoms with Crippen molar-refractivity contribution in [2.75, 3.05) is 7.11 Å². The first-order chi connectivity index (χ1) is 12.8. The normalized spacial score (nSPS) is 11.8. The first-order valence-electron chi connectivity index (χ1n) is 7.62. The number of rotatable bonds is 7. The lowest BCUT2D eigenvalue weighted by Crippen LogP contribution is -2.33. The van der Waals surface area contributed by atoms with Crippen LogP contribution in [0.2, 0.25) is 5.02 Å². The second kappa shape index (κ2) is 8.86.